The predicted molar refractivity (Wildman–Crippen MR) is 52.0 cm³/mol. The lowest BCUT2D eigenvalue weighted by Gasteiger charge is -2.00. The Labute approximate surface area is 72.3 Å². The Balaban J connectivity index is 2.98. The summed E-state index contributed by atoms with van der Waals surface area (Å²) in [7, 11) is 0. The average molecular weight is 164 g/mol. The van der Waals surface area contributed by atoms with Crippen molar-refractivity contribution in [3.05, 3.63) is 41.3 Å². The van der Waals surface area contributed by atoms with Crippen LogP contribution in [0.25, 0.3) is 0 Å². The van der Waals surface area contributed by atoms with E-state index in [2.05, 4.69) is 38.6 Å². The molecule has 0 saturated heterocycles. The quantitative estimate of drug-likeness (QED) is 0.602. The van der Waals surface area contributed by atoms with E-state index >= 15 is 0 Å². The van der Waals surface area contributed by atoms with Crippen molar-refractivity contribution in [1.82, 2.24) is 0 Å². The van der Waals surface area contributed by atoms with Gasteiger partial charge < -0.3 is 0 Å². The molecule has 1 rings (SSSR count). The monoisotopic (exact) mass is 164 g/mol. The molecular weight excluding hydrogens is 152 g/mol. The van der Waals surface area contributed by atoms with E-state index in [0.29, 0.717) is 0 Å². The van der Waals surface area contributed by atoms with Gasteiger partial charge in [-0.1, -0.05) is 24.4 Å². The molecule has 0 spiro atoms. The average Bonchev–Trinajstić information content (AvgIpc) is 1.85. The number of hydrogen-bond acceptors (Lipinski definition) is 1. The van der Waals surface area contributed by atoms with E-state index in [1.807, 2.05) is 5.41 Å². The van der Waals surface area contributed by atoms with Crippen molar-refractivity contribution < 1.29 is 0 Å². The summed E-state index contributed by atoms with van der Waals surface area (Å²) in [6.45, 7) is 7.90. The fourth-order valence-corrected chi connectivity index (χ4v) is 1.80. The lowest BCUT2D eigenvalue weighted by Crippen LogP contribution is -1.77. The molecule has 0 atom stereocenters. The highest BCUT2D eigenvalue weighted by molar-refractivity contribution is 8.02. The molecule has 0 bridgehead atoms. The number of thioether (sulfide) groups is 1. The van der Waals surface area contributed by atoms with Gasteiger partial charge in [0.15, 0.2) is 0 Å². The van der Waals surface area contributed by atoms with E-state index in [4.69, 9.17) is 0 Å². The van der Waals surface area contributed by atoms with Crippen LogP contribution in [-0.4, -0.2) is 0 Å². The van der Waals surface area contributed by atoms with Gasteiger partial charge in [-0.2, -0.15) is 0 Å². The fraction of sp³-hybridized carbons (Fsp3) is 0.200. The van der Waals surface area contributed by atoms with Gasteiger partial charge >= 0.3 is 0 Å². The minimum absolute atomic E-state index is 1.28. The van der Waals surface area contributed by atoms with Gasteiger partial charge in [0.1, 0.15) is 0 Å². The molecule has 0 radical (unpaired) electrons. The van der Waals surface area contributed by atoms with Crippen molar-refractivity contribution >= 4 is 11.8 Å². The first-order valence-corrected chi connectivity index (χ1v) is 4.46. The van der Waals surface area contributed by atoms with Crippen molar-refractivity contribution in [2.75, 3.05) is 0 Å². The van der Waals surface area contributed by atoms with E-state index in [0.717, 1.165) is 0 Å². The van der Waals surface area contributed by atoms with Gasteiger partial charge in [-0.3, -0.25) is 0 Å². The maximum Gasteiger partial charge on any atom is 0.0121 e. The third-order valence-corrected chi connectivity index (χ3v) is 2.09. The fourth-order valence-electron chi connectivity index (χ4n) is 1.10. The second-order valence-electron chi connectivity index (χ2n) is 2.61. The van der Waals surface area contributed by atoms with Crippen molar-refractivity contribution in [3.8, 4) is 0 Å². The molecule has 1 aromatic carbocycles. The summed E-state index contributed by atoms with van der Waals surface area (Å²) in [5.41, 5.74) is 2.63. The topological polar surface area (TPSA) is 0 Å². The van der Waals surface area contributed by atoms with Gasteiger partial charge in [0.25, 0.3) is 0 Å². The highest BCUT2D eigenvalue weighted by Gasteiger charge is 1.92. The molecule has 0 N–H and O–H groups in total. The van der Waals surface area contributed by atoms with Crippen LogP contribution >= 0.6 is 11.8 Å². The number of aryl methyl sites for hydroxylation is 2. The molecular formula is C10H12S. The summed E-state index contributed by atoms with van der Waals surface area (Å²) in [5, 5.41) is 1.86. The first-order valence-electron chi connectivity index (χ1n) is 3.58. The van der Waals surface area contributed by atoms with Crippen molar-refractivity contribution in [1.29, 1.82) is 0 Å². The Morgan fingerprint density at radius 2 is 1.73 bits per heavy atom. The van der Waals surface area contributed by atoms with Crippen molar-refractivity contribution in [2.45, 2.75) is 18.7 Å². The van der Waals surface area contributed by atoms with Crippen LogP contribution in [0.5, 0.6) is 0 Å². The molecule has 0 nitrogen and oxygen atoms in total. The number of hydrogen-bond donors (Lipinski definition) is 0. The van der Waals surface area contributed by atoms with Gasteiger partial charge in [0.05, 0.1) is 0 Å². The number of benzene rings is 1. The van der Waals surface area contributed by atoms with Crippen molar-refractivity contribution in [2.24, 2.45) is 0 Å². The van der Waals surface area contributed by atoms with E-state index < -0.39 is 0 Å². The molecule has 0 aliphatic carbocycles. The largest absolute Gasteiger partial charge is 0.0987 e. The normalized spacial score (nSPS) is 9.64. The molecule has 0 aliphatic rings. The molecule has 11 heavy (non-hydrogen) atoms. The number of rotatable bonds is 2. The van der Waals surface area contributed by atoms with E-state index in [1.54, 1.807) is 11.8 Å². The molecule has 58 valence electrons. The Bertz CT molecular complexity index is 243. The predicted octanol–water partition coefficient (Wildman–Crippen LogP) is 3.54. The van der Waals surface area contributed by atoms with Crippen molar-refractivity contribution in [3.63, 3.8) is 0 Å². The Morgan fingerprint density at radius 1 is 1.18 bits per heavy atom. The van der Waals surface area contributed by atoms with Gasteiger partial charge in [-0.15, -0.1) is 0 Å². The van der Waals surface area contributed by atoms with Crippen LogP contribution in [0.15, 0.2) is 35.1 Å². The third-order valence-electron chi connectivity index (χ3n) is 1.41. The minimum Gasteiger partial charge on any atom is -0.0987 e. The van der Waals surface area contributed by atoms with E-state index in [1.165, 1.54) is 16.0 Å². The molecule has 0 heterocycles. The molecule has 1 heteroatoms. The maximum absolute atomic E-state index is 3.68. The first kappa shape index (κ1) is 8.41. The van der Waals surface area contributed by atoms with Crippen LogP contribution in [0, 0.1) is 13.8 Å². The zero-order chi connectivity index (χ0) is 8.27. The molecule has 0 saturated carbocycles. The van der Waals surface area contributed by atoms with Gasteiger partial charge in [0, 0.05) is 4.90 Å². The smallest absolute Gasteiger partial charge is 0.0121 e. The second kappa shape index (κ2) is 3.63. The summed E-state index contributed by atoms with van der Waals surface area (Å²) in [4.78, 5) is 1.28. The summed E-state index contributed by atoms with van der Waals surface area (Å²) in [6.07, 6.45) is 0. The zero-order valence-electron chi connectivity index (χ0n) is 6.92. The van der Waals surface area contributed by atoms with Crippen LogP contribution in [0.2, 0.25) is 0 Å². The molecule has 0 unspecified atom stereocenters. The van der Waals surface area contributed by atoms with Gasteiger partial charge in [-0.05, 0) is 42.5 Å². The molecule has 0 aromatic heterocycles. The third kappa shape index (κ3) is 2.43. The molecule has 0 amide bonds. The Kier molecular flexibility index (Phi) is 2.77. The lowest BCUT2D eigenvalue weighted by molar-refractivity contribution is 1.30. The highest BCUT2D eigenvalue weighted by atomic mass is 32.2. The summed E-state index contributed by atoms with van der Waals surface area (Å²) in [6, 6.07) is 6.51. The summed E-state index contributed by atoms with van der Waals surface area (Å²) < 4.78 is 0. The maximum atomic E-state index is 3.68. The lowest BCUT2D eigenvalue weighted by atomic mass is 10.2. The standard InChI is InChI=1S/C10H12S/c1-4-11-10-6-8(2)5-9(3)7-10/h4-7H,1H2,2-3H3. The van der Waals surface area contributed by atoms with Gasteiger partial charge in [-0.25, -0.2) is 0 Å². The molecule has 0 aliphatic heterocycles. The van der Waals surface area contributed by atoms with Crippen LogP contribution in [0.1, 0.15) is 11.1 Å². The Morgan fingerprint density at radius 3 is 2.18 bits per heavy atom. The molecule has 1 aromatic rings. The SMILES string of the molecule is C=CSc1cc(C)cc(C)c1. The second-order valence-corrected chi connectivity index (χ2v) is 3.65. The van der Waals surface area contributed by atoms with Crippen LogP contribution in [0.4, 0.5) is 0 Å². The van der Waals surface area contributed by atoms with Crippen LogP contribution in [0.3, 0.4) is 0 Å². The minimum atomic E-state index is 1.28. The van der Waals surface area contributed by atoms with Crippen LogP contribution in [-0.2, 0) is 0 Å². The van der Waals surface area contributed by atoms with E-state index in [-0.39, 0.29) is 0 Å². The molecule has 0 fully saturated rings. The van der Waals surface area contributed by atoms with E-state index in [9.17, 15) is 0 Å². The Hall–Kier alpha value is -0.690. The summed E-state index contributed by atoms with van der Waals surface area (Å²) in [5.74, 6) is 0. The zero-order valence-corrected chi connectivity index (χ0v) is 7.74. The van der Waals surface area contributed by atoms with Crippen LogP contribution < -0.4 is 0 Å². The highest BCUT2D eigenvalue weighted by Crippen LogP contribution is 2.20. The summed E-state index contributed by atoms with van der Waals surface area (Å²) >= 11 is 1.67. The first-order chi connectivity index (χ1) is 5.22. The van der Waals surface area contributed by atoms with Gasteiger partial charge in [0.2, 0.25) is 0 Å².